The monoisotopic (exact) mass is 297 g/mol. The smallest absolute Gasteiger partial charge is 0.257 e. The quantitative estimate of drug-likeness (QED) is 0.869. The van der Waals surface area contributed by atoms with E-state index in [9.17, 15) is 13.6 Å². The first-order valence-corrected chi connectivity index (χ1v) is 6.00. The number of carbonyl (C=O) groups is 1. The van der Waals surface area contributed by atoms with Gasteiger partial charge >= 0.3 is 0 Å². The first-order valence-electron chi connectivity index (χ1n) is 5.24. The van der Waals surface area contributed by atoms with Gasteiger partial charge in [0.25, 0.3) is 6.43 Å². The maximum atomic E-state index is 12.1. The van der Waals surface area contributed by atoms with Gasteiger partial charge < -0.3 is 5.32 Å². The normalized spacial score (nSPS) is 25.2. The first-order chi connectivity index (χ1) is 8.24. The fraction of sp³-hybridized carbons (Fsp3) is 0.600. The van der Waals surface area contributed by atoms with E-state index in [0.717, 1.165) is 4.68 Å². The van der Waals surface area contributed by atoms with Crippen molar-refractivity contribution in [3.05, 3.63) is 12.4 Å². The molecule has 1 aromatic heterocycles. The summed E-state index contributed by atoms with van der Waals surface area (Å²) in [5, 5.41) is 6.26. The highest BCUT2D eigenvalue weighted by molar-refractivity contribution is 6.53. The molecule has 1 saturated carbocycles. The summed E-state index contributed by atoms with van der Waals surface area (Å²) < 4.78 is 24.2. The number of hydrogen-bond acceptors (Lipinski definition) is 2. The van der Waals surface area contributed by atoms with Crippen LogP contribution in [0.4, 0.5) is 14.5 Å². The average molecular weight is 298 g/mol. The Kier molecular flexibility index (Phi) is 3.27. The SMILES string of the molecule is CC1(C(=O)Nc2cnn(CC(F)F)c2)CC1(Cl)Cl. The predicted octanol–water partition coefficient (Wildman–Crippen LogP) is 2.67. The topological polar surface area (TPSA) is 46.9 Å². The third-order valence-corrected chi connectivity index (χ3v) is 4.08. The number of aromatic nitrogens is 2. The molecule has 0 aromatic carbocycles. The Bertz CT molecular complexity index is 477. The van der Waals surface area contributed by atoms with Gasteiger partial charge in [-0.15, -0.1) is 23.2 Å². The van der Waals surface area contributed by atoms with E-state index in [1.54, 1.807) is 6.92 Å². The third-order valence-electron chi connectivity index (χ3n) is 2.98. The molecular weight excluding hydrogens is 287 g/mol. The summed E-state index contributed by atoms with van der Waals surface area (Å²) in [6.07, 6.45) is 0.503. The van der Waals surface area contributed by atoms with Crippen LogP contribution in [0.15, 0.2) is 12.4 Å². The number of halogens is 4. The van der Waals surface area contributed by atoms with Crippen molar-refractivity contribution in [2.24, 2.45) is 5.41 Å². The number of amides is 1. The van der Waals surface area contributed by atoms with Crippen molar-refractivity contribution in [1.82, 2.24) is 9.78 Å². The number of nitrogens with one attached hydrogen (secondary N) is 1. The van der Waals surface area contributed by atoms with Gasteiger partial charge in [0.05, 0.1) is 17.3 Å². The molecule has 1 amide bonds. The molecule has 8 heteroatoms. The lowest BCUT2D eigenvalue weighted by molar-refractivity contribution is -0.120. The highest BCUT2D eigenvalue weighted by Gasteiger charge is 2.67. The van der Waals surface area contributed by atoms with E-state index in [-0.39, 0.29) is 5.91 Å². The van der Waals surface area contributed by atoms with Crippen LogP contribution in [-0.4, -0.2) is 26.4 Å². The van der Waals surface area contributed by atoms with E-state index in [2.05, 4.69) is 10.4 Å². The molecule has 4 nitrogen and oxygen atoms in total. The second-order valence-corrected chi connectivity index (χ2v) is 5.99. The summed E-state index contributed by atoms with van der Waals surface area (Å²) in [6.45, 7) is 1.13. The van der Waals surface area contributed by atoms with E-state index < -0.39 is 22.7 Å². The number of carbonyl (C=O) groups excluding carboxylic acids is 1. The third kappa shape index (κ3) is 2.44. The Morgan fingerprint density at radius 1 is 1.67 bits per heavy atom. The number of nitrogens with zero attached hydrogens (tertiary/aromatic N) is 2. The summed E-state index contributed by atoms with van der Waals surface area (Å²) >= 11 is 11.7. The van der Waals surface area contributed by atoms with Crippen LogP contribution >= 0.6 is 23.2 Å². The molecule has 1 atom stereocenters. The molecule has 100 valence electrons. The summed E-state index contributed by atoms with van der Waals surface area (Å²) in [7, 11) is 0. The van der Waals surface area contributed by atoms with Crippen LogP contribution in [0.25, 0.3) is 0 Å². The molecule has 1 unspecified atom stereocenters. The molecule has 18 heavy (non-hydrogen) atoms. The molecule has 1 N–H and O–H groups in total. The average Bonchev–Trinajstić information content (AvgIpc) is 2.57. The molecule has 0 spiro atoms. The van der Waals surface area contributed by atoms with Gasteiger partial charge in [0, 0.05) is 6.20 Å². The maximum absolute atomic E-state index is 12.1. The van der Waals surface area contributed by atoms with Crippen molar-refractivity contribution in [3.8, 4) is 0 Å². The predicted molar refractivity (Wildman–Crippen MR) is 64.0 cm³/mol. The van der Waals surface area contributed by atoms with Crippen molar-refractivity contribution in [3.63, 3.8) is 0 Å². The second-order valence-electron chi connectivity index (χ2n) is 4.51. The maximum Gasteiger partial charge on any atom is 0.257 e. The van der Waals surface area contributed by atoms with Crippen LogP contribution < -0.4 is 5.32 Å². The molecule has 0 radical (unpaired) electrons. The Hall–Kier alpha value is -0.880. The lowest BCUT2D eigenvalue weighted by atomic mass is 10.1. The van der Waals surface area contributed by atoms with E-state index in [4.69, 9.17) is 23.2 Å². The number of alkyl halides is 4. The van der Waals surface area contributed by atoms with Crippen molar-refractivity contribution < 1.29 is 13.6 Å². The van der Waals surface area contributed by atoms with Crippen LogP contribution in [-0.2, 0) is 11.3 Å². The Balaban J connectivity index is 1.98. The lowest BCUT2D eigenvalue weighted by Crippen LogP contribution is -2.25. The van der Waals surface area contributed by atoms with Gasteiger partial charge in [-0.25, -0.2) is 8.78 Å². The fourth-order valence-corrected chi connectivity index (χ4v) is 2.29. The lowest BCUT2D eigenvalue weighted by Gasteiger charge is -2.10. The Morgan fingerprint density at radius 3 is 2.78 bits per heavy atom. The van der Waals surface area contributed by atoms with Crippen molar-refractivity contribution in [2.45, 2.75) is 30.6 Å². The number of anilines is 1. The standard InChI is InChI=1S/C10H11Cl2F2N3O/c1-9(5-10(9,11)12)8(18)16-6-2-15-17(3-6)4-7(13)14/h2-3,7H,4-5H2,1H3,(H,16,18). The highest BCUT2D eigenvalue weighted by atomic mass is 35.5. The molecule has 0 aliphatic heterocycles. The van der Waals surface area contributed by atoms with Gasteiger partial charge in [0.2, 0.25) is 5.91 Å². The van der Waals surface area contributed by atoms with Crippen LogP contribution in [0, 0.1) is 5.41 Å². The summed E-state index contributed by atoms with van der Waals surface area (Å²) in [5.41, 5.74) is -0.501. The molecule has 0 bridgehead atoms. The zero-order chi connectivity index (χ0) is 13.6. The van der Waals surface area contributed by atoms with Crippen LogP contribution in [0.5, 0.6) is 0 Å². The minimum Gasteiger partial charge on any atom is -0.323 e. The van der Waals surface area contributed by atoms with E-state index >= 15 is 0 Å². The Labute approximate surface area is 112 Å². The molecule has 2 rings (SSSR count). The zero-order valence-corrected chi connectivity index (χ0v) is 11.0. The molecule has 1 aliphatic carbocycles. The van der Waals surface area contributed by atoms with E-state index in [1.807, 2.05) is 0 Å². The van der Waals surface area contributed by atoms with Gasteiger partial charge in [0.15, 0.2) is 0 Å². The van der Waals surface area contributed by atoms with Crippen molar-refractivity contribution in [1.29, 1.82) is 0 Å². The zero-order valence-electron chi connectivity index (χ0n) is 9.46. The van der Waals surface area contributed by atoms with Crippen LogP contribution in [0.3, 0.4) is 0 Å². The van der Waals surface area contributed by atoms with Gasteiger partial charge in [-0.2, -0.15) is 5.10 Å². The largest absolute Gasteiger partial charge is 0.323 e. The van der Waals surface area contributed by atoms with Crippen LogP contribution in [0.1, 0.15) is 13.3 Å². The van der Waals surface area contributed by atoms with Gasteiger partial charge in [-0.05, 0) is 13.3 Å². The van der Waals surface area contributed by atoms with E-state index in [0.29, 0.717) is 12.1 Å². The van der Waals surface area contributed by atoms with Crippen molar-refractivity contribution >= 4 is 34.8 Å². The summed E-state index contributed by atoms with van der Waals surface area (Å²) in [6, 6.07) is 0. The van der Waals surface area contributed by atoms with Crippen LogP contribution in [0.2, 0.25) is 0 Å². The molecule has 1 aliphatic rings. The molecule has 1 fully saturated rings. The molecule has 0 saturated heterocycles. The number of rotatable bonds is 4. The summed E-state index contributed by atoms with van der Waals surface area (Å²) in [5.74, 6) is -0.343. The molecule has 1 heterocycles. The first kappa shape index (κ1) is 13.5. The second kappa shape index (κ2) is 4.35. The van der Waals surface area contributed by atoms with E-state index in [1.165, 1.54) is 12.4 Å². The summed E-state index contributed by atoms with van der Waals surface area (Å²) in [4.78, 5) is 11.9. The molecule has 1 aromatic rings. The Morgan fingerprint density at radius 2 is 2.28 bits per heavy atom. The fourth-order valence-electron chi connectivity index (χ4n) is 1.58. The van der Waals surface area contributed by atoms with Gasteiger partial charge in [-0.1, -0.05) is 0 Å². The van der Waals surface area contributed by atoms with Gasteiger partial charge in [-0.3, -0.25) is 9.48 Å². The molecular formula is C10H11Cl2F2N3O. The van der Waals surface area contributed by atoms with Crippen molar-refractivity contribution in [2.75, 3.05) is 5.32 Å². The minimum absolute atomic E-state index is 0.343. The number of hydrogen-bond donors (Lipinski definition) is 1. The minimum atomic E-state index is -2.49. The van der Waals surface area contributed by atoms with Gasteiger partial charge in [0.1, 0.15) is 10.9 Å². The highest BCUT2D eigenvalue weighted by Crippen LogP contribution is 2.64.